The van der Waals surface area contributed by atoms with Crippen molar-refractivity contribution in [3.8, 4) is 0 Å². The fraction of sp³-hybridized carbons (Fsp3) is 0.486. The number of carbonyl (C=O) groups is 1. The van der Waals surface area contributed by atoms with E-state index in [-0.39, 0.29) is 19.8 Å². The van der Waals surface area contributed by atoms with Crippen LogP contribution in [0.1, 0.15) is 37.5 Å². The van der Waals surface area contributed by atoms with E-state index in [9.17, 15) is 4.79 Å². The molecule has 0 spiro atoms. The fourth-order valence-electron chi connectivity index (χ4n) is 6.23. The monoisotopic (exact) mass is 648 g/mol. The zero-order chi connectivity index (χ0) is 32.8. The van der Waals surface area contributed by atoms with Crippen molar-refractivity contribution in [2.24, 2.45) is 0 Å². The molecule has 10 heteroatoms. The van der Waals surface area contributed by atoms with Crippen molar-refractivity contribution in [2.75, 3.05) is 13.7 Å². The minimum atomic E-state index is -1.30. The van der Waals surface area contributed by atoms with Crippen LogP contribution in [0, 0.1) is 0 Å². The van der Waals surface area contributed by atoms with Crippen LogP contribution < -0.4 is 0 Å². The Morgan fingerprint density at radius 1 is 0.702 bits per heavy atom. The van der Waals surface area contributed by atoms with E-state index in [1.54, 1.807) is 7.11 Å². The number of benzene rings is 3. The van der Waals surface area contributed by atoms with E-state index >= 15 is 0 Å². The number of hydrogen-bond acceptors (Lipinski definition) is 10. The predicted molar refractivity (Wildman–Crippen MR) is 170 cm³/mol. The van der Waals surface area contributed by atoms with Crippen LogP contribution >= 0.6 is 0 Å². The molecule has 0 N–H and O–H groups in total. The first-order valence-electron chi connectivity index (χ1n) is 16.1. The molecule has 0 saturated carbocycles. The molecule has 9 atom stereocenters. The van der Waals surface area contributed by atoms with Crippen molar-refractivity contribution in [3.63, 3.8) is 0 Å². The van der Waals surface area contributed by atoms with Gasteiger partial charge in [-0.25, -0.2) is 0 Å². The van der Waals surface area contributed by atoms with Crippen molar-refractivity contribution < 1.29 is 47.4 Å². The molecule has 0 unspecified atom stereocenters. The molecular formula is C37H44O10. The Labute approximate surface area is 276 Å². The molecule has 0 amide bonds. The maximum absolute atomic E-state index is 14.3. The molecule has 3 fully saturated rings. The van der Waals surface area contributed by atoms with Crippen molar-refractivity contribution in [1.29, 1.82) is 0 Å². The van der Waals surface area contributed by atoms with Gasteiger partial charge in [0.2, 0.25) is 12.1 Å². The van der Waals surface area contributed by atoms with E-state index in [2.05, 4.69) is 0 Å². The number of ether oxygens (including phenoxy) is 9. The smallest absolute Gasteiger partial charge is 0.221 e. The summed E-state index contributed by atoms with van der Waals surface area (Å²) in [4.78, 5) is 14.3. The van der Waals surface area contributed by atoms with Crippen molar-refractivity contribution >= 4 is 5.78 Å². The Bertz CT molecular complexity index is 1400. The Kier molecular flexibility index (Phi) is 11.1. The molecule has 0 aliphatic carbocycles. The van der Waals surface area contributed by atoms with Crippen LogP contribution in [0.25, 0.3) is 0 Å². The molecule has 3 aromatic carbocycles. The molecule has 0 bridgehead atoms. The topological polar surface area (TPSA) is 100 Å². The van der Waals surface area contributed by atoms with Gasteiger partial charge in [0.05, 0.1) is 32.5 Å². The lowest BCUT2D eigenvalue weighted by molar-refractivity contribution is -0.311. The summed E-state index contributed by atoms with van der Waals surface area (Å²) in [7, 11) is 1.56. The Morgan fingerprint density at radius 3 is 1.85 bits per heavy atom. The summed E-state index contributed by atoms with van der Waals surface area (Å²) >= 11 is 0. The third-order valence-corrected chi connectivity index (χ3v) is 8.51. The number of methoxy groups -OCH3 is 1. The van der Waals surface area contributed by atoms with Gasteiger partial charge >= 0.3 is 0 Å². The number of hydrogen-bond donors (Lipinski definition) is 0. The summed E-state index contributed by atoms with van der Waals surface area (Å²) in [5.74, 6) is -1.29. The van der Waals surface area contributed by atoms with Crippen LogP contribution in [-0.4, -0.2) is 80.6 Å². The van der Waals surface area contributed by atoms with Gasteiger partial charge in [-0.2, -0.15) is 0 Å². The zero-order valence-electron chi connectivity index (χ0n) is 27.3. The number of fused-ring (bicyclic) bond motifs is 1. The van der Waals surface area contributed by atoms with Gasteiger partial charge in [0, 0.05) is 7.11 Å². The van der Waals surface area contributed by atoms with Crippen molar-refractivity contribution in [2.45, 2.75) is 102 Å². The molecule has 3 saturated heterocycles. The standard InChI is InChI=1S/C37H44O10/c1-24-30(33-34(36(39-4)43-24)47-37(2,3)46-33)45-35-29(38)32(42-22-27-18-12-7-13-19-27)31(41-21-26-16-10-6-11-17-26)28(44-35)23-40-20-25-14-8-5-9-15-25/h5-19,24,28,30-36H,20-23H2,1-4H3/t24-,28+,30-,31+,32+,33+,34+,35-,36+/m0/s1. The SMILES string of the molecule is CO[C@@H]1O[C@@H](C)[C@H](O[C@@H]2O[C@H](COCc3ccccc3)[C@@H](OCc3ccccc3)[C@H](OCc3ccccc3)C2=O)[C@H]2OC(C)(C)O[C@@H]12. The molecule has 3 aliphatic heterocycles. The summed E-state index contributed by atoms with van der Waals surface area (Å²) in [6, 6.07) is 29.3. The van der Waals surface area contributed by atoms with Gasteiger partial charge in [-0.3, -0.25) is 4.79 Å². The molecule has 10 nitrogen and oxygen atoms in total. The van der Waals surface area contributed by atoms with E-state index in [1.807, 2.05) is 112 Å². The molecule has 0 aromatic heterocycles. The molecule has 6 rings (SSSR count). The second kappa shape index (κ2) is 15.5. The van der Waals surface area contributed by atoms with Crippen LogP contribution in [0.5, 0.6) is 0 Å². The van der Waals surface area contributed by atoms with Crippen LogP contribution in [0.3, 0.4) is 0 Å². The van der Waals surface area contributed by atoms with Gasteiger partial charge in [0.25, 0.3) is 0 Å². The van der Waals surface area contributed by atoms with Crippen molar-refractivity contribution in [3.05, 3.63) is 108 Å². The van der Waals surface area contributed by atoms with Gasteiger partial charge in [-0.15, -0.1) is 0 Å². The maximum atomic E-state index is 14.3. The van der Waals surface area contributed by atoms with Crippen molar-refractivity contribution in [1.82, 2.24) is 0 Å². The van der Waals surface area contributed by atoms with Gasteiger partial charge in [-0.05, 0) is 37.5 Å². The first-order chi connectivity index (χ1) is 22.8. The quantitative estimate of drug-likeness (QED) is 0.253. The van der Waals surface area contributed by atoms with E-state index < -0.39 is 66.9 Å². The number of carbonyl (C=O) groups excluding carboxylic acids is 1. The third kappa shape index (κ3) is 8.34. The lowest BCUT2D eigenvalue weighted by atomic mass is 9.97. The Hall–Kier alpha value is -3.03. The molecular weight excluding hydrogens is 604 g/mol. The highest BCUT2D eigenvalue weighted by atomic mass is 16.8. The van der Waals surface area contributed by atoms with Crippen LogP contribution in [0.2, 0.25) is 0 Å². The lowest BCUT2D eigenvalue weighted by Crippen LogP contribution is -2.62. The highest BCUT2D eigenvalue weighted by Gasteiger charge is 2.57. The highest BCUT2D eigenvalue weighted by Crippen LogP contribution is 2.40. The predicted octanol–water partition coefficient (Wildman–Crippen LogP) is 4.96. The summed E-state index contributed by atoms with van der Waals surface area (Å²) in [5, 5.41) is 0. The number of Topliss-reactive ketones (excluding diaryl/α,β-unsaturated/α-hetero) is 1. The minimum Gasteiger partial charge on any atom is -0.374 e. The first-order valence-corrected chi connectivity index (χ1v) is 16.1. The van der Waals surface area contributed by atoms with E-state index in [0.29, 0.717) is 6.61 Å². The molecule has 3 aromatic rings. The van der Waals surface area contributed by atoms with Gasteiger partial charge in [0.15, 0.2) is 18.2 Å². The normalized spacial score (nSPS) is 31.8. The van der Waals surface area contributed by atoms with Gasteiger partial charge in [-0.1, -0.05) is 91.0 Å². The zero-order valence-corrected chi connectivity index (χ0v) is 27.3. The Balaban J connectivity index is 1.26. The van der Waals surface area contributed by atoms with Gasteiger partial charge in [0.1, 0.15) is 30.5 Å². The average molecular weight is 649 g/mol. The minimum absolute atomic E-state index is 0.133. The second-order valence-electron chi connectivity index (χ2n) is 12.5. The Morgan fingerprint density at radius 2 is 1.26 bits per heavy atom. The average Bonchev–Trinajstić information content (AvgIpc) is 3.42. The third-order valence-electron chi connectivity index (χ3n) is 8.51. The maximum Gasteiger partial charge on any atom is 0.221 e. The highest BCUT2D eigenvalue weighted by molar-refractivity contribution is 5.87. The van der Waals surface area contributed by atoms with Crippen LogP contribution in [0.15, 0.2) is 91.0 Å². The second-order valence-corrected chi connectivity index (χ2v) is 12.5. The summed E-state index contributed by atoms with van der Waals surface area (Å²) in [6.45, 7) is 6.44. The molecule has 3 aliphatic rings. The molecule has 47 heavy (non-hydrogen) atoms. The molecule has 0 radical (unpaired) electrons. The fourth-order valence-corrected chi connectivity index (χ4v) is 6.23. The van der Waals surface area contributed by atoms with Crippen LogP contribution in [0.4, 0.5) is 0 Å². The van der Waals surface area contributed by atoms with Crippen LogP contribution in [-0.2, 0) is 67.2 Å². The summed E-state index contributed by atoms with van der Waals surface area (Å²) in [6.07, 6.45) is -6.79. The summed E-state index contributed by atoms with van der Waals surface area (Å²) in [5.41, 5.74) is 2.89. The largest absolute Gasteiger partial charge is 0.374 e. The number of rotatable bonds is 13. The lowest BCUT2D eigenvalue weighted by Gasteiger charge is -2.44. The van der Waals surface area contributed by atoms with E-state index in [4.69, 9.17) is 42.6 Å². The molecule has 3 heterocycles. The number of ketones is 1. The first kappa shape index (κ1) is 33.9. The van der Waals surface area contributed by atoms with E-state index in [1.165, 1.54) is 0 Å². The molecule has 252 valence electrons. The van der Waals surface area contributed by atoms with Gasteiger partial charge < -0.3 is 42.6 Å². The van der Waals surface area contributed by atoms with E-state index in [0.717, 1.165) is 16.7 Å². The summed E-state index contributed by atoms with van der Waals surface area (Å²) < 4.78 is 56.0.